The Hall–Kier alpha value is -1.06. The van der Waals surface area contributed by atoms with E-state index < -0.39 is 0 Å². The zero-order valence-corrected chi connectivity index (χ0v) is 8.08. The van der Waals surface area contributed by atoms with Crippen molar-refractivity contribution in [3.63, 3.8) is 0 Å². The summed E-state index contributed by atoms with van der Waals surface area (Å²) < 4.78 is 5.45. The fourth-order valence-electron chi connectivity index (χ4n) is 1.10. The minimum atomic E-state index is 0.396. The molecule has 2 rings (SSSR count). The predicted octanol–water partition coefficient (Wildman–Crippen LogP) is 2.16. The molecule has 1 saturated carbocycles. The highest BCUT2D eigenvalue weighted by Gasteiger charge is 2.29. The molecule has 0 radical (unpaired) electrons. The summed E-state index contributed by atoms with van der Waals surface area (Å²) in [6.45, 7) is 4.22. The zero-order chi connectivity index (χ0) is 9.26. The van der Waals surface area contributed by atoms with Crippen molar-refractivity contribution < 1.29 is 4.42 Å². The molecule has 1 N–H and O–H groups in total. The highest BCUT2D eigenvalue weighted by Crippen LogP contribution is 2.39. The number of hydrogen-bond acceptors (Lipinski definition) is 4. The van der Waals surface area contributed by atoms with Gasteiger partial charge in [0.2, 0.25) is 5.89 Å². The third-order valence-electron chi connectivity index (χ3n) is 2.35. The van der Waals surface area contributed by atoms with E-state index >= 15 is 0 Å². The van der Waals surface area contributed by atoms with Crippen molar-refractivity contribution in [1.29, 1.82) is 0 Å². The number of hydrogen-bond donors (Lipinski definition) is 1. The molecule has 0 aliphatic heterocycles. The minimum Gasteiger partial charge on any atom is -0.408 e. The predicted molar refractivity (Wildman–Crippen MR) is 49.6 cm³/mol. The van der Waals surface area contributed by atoms with Crippen molar-refractivity contribution in [2.45, 2.75) is 45.1 Å². The quantitative estimate of drug-likeness (QED) is 0.773. The third kappa shape index (κ3) is 1.99. The maximum absolute atomic E-state index is 5.45. The summed E-state index contributed by atoms with van der Waals surface area (Å²) in [5.74, 6) is 1.34. The first-order valence-electron chi connectivity index (χ1n) is 4.89. The van der Waals surface area contributed by atoms with Gasteiger partial charge in [-0.1, -0.05) is 12.0 Å². The number of anilines is 1. The molecule has 0 saturated heterocycles. The van der Waals surface area contributed by atoms with Crippen LogP contribution in [-0.4, -0.2) is 16.2 Å². The topological polar surface area (TPSA) is 51.0 Å². The van der Waals surface area contributed by atoms with Crippen molar-refractivity contribution in [3.05, 3.63) is 5.89 Å². The average molecular weight is 181 g/mol. The van der Waals surface area contributed by atoms with Crippen LogP contribution >= 0.6 is 0 Å². The van der Waals surface area contributed by atoms with Crippen LogP contribution in [0.4, 0.5) is 6.01 Å². The maximum atomic E-state index is 5.45. The molecule has 0 amide bonds. The van der Waals surface area contributed by atoms with Crippen LogP contribution in [0.3, 0.4) is 0 Å². The summed E-state index contributed by atoms with van der Waals surface area (Å²) in [6, 6.07) is 0.962. The van der Waals surface area contributed by atoms with Crippen molar-refractivity contribution in [3.8, 4) is 0 Å². The lowest BCUT2D eigenvalue weighted by atomic mass is 10.3. The summed E-state index contributed by atoms with van der Waals surface area (Å²) in [5.41, 5.74) is 0. The fraction of sp³-hybridized carbons (Fsp3) is 0.778. The lowest BCUT2D eigenvalue weighted by Gasteiger charge is -2.06. The van der Waals surface area contributed by atoms with Gasteiger partial charge in [0.15, 0.2) is 0 Å². The van der Waals surface area contributed by atoms with Gasteiger partial charge in [-0.2, -0.15) is 0 Å². The highest BCUT2D eigenvalue weighted by molar-refractivity contribution is 5.20. The second kappa shape index (κ2) is 3.36. The van der Waals surface area contributed by atoms with Crippen molar-refractivity contribution in [1.82, 2.24) is 10.2 Å². The highest BCUT2D eigenvalue weighted by atomic mass is 16.4. The van der Waals surface area contributed by atoms with E-state index in [0.29, 0.717) is 18.0 Å². The van der Waals surface area contributed by atoms with Gasteiger partial charge in [-0.15, -0.1) is 5.10 Å². The molecule has 1 aliphatic rings. The first kappa shape index (κ1) is 8.53. The number of nitrogens with one attached hydrogen (secondary N) is 1. The standard InChI is InChI=1S/C9H15N3O/c1-3-6(2)10-9-12-11-8(13-9)7-4-5-7/h6-7H,3-5H2,1-2H3,(H,10,12). The second-order valence-corrected chi connectivity index (χ2v) is 3.67. The molecule has 13 heavy (non-hydrogen) atoms. The van der Waals surface area contributed by atoms with Crippen LogP contribution in [0.1, 0.15) is 44.9 Å². The summed E-state index contributed by atoms with van der Waals surface area (Å²) in [6.07, 6.45) is 3.46. The molecule has 4 heteroatoms. The fourth-order valence-corrected chi connectivity index (χ4v) is 1.10. The van der Waals surface area contributed by atoms with Crippen LogP contribution in [0.15, 0.2) is 4.42 Å². The first-order chi connectivity index (χ1) is 6.29. The number of rotatable bonds is 4. The largest absolute Gasteiger partial charge is 0.408 e. The molecular weight excluding hydrogens is 166 g/mol. The Morgan fingerprint density at radius 2 is 2.31 bits per heavy atom. The van der Waals surface area contributed by atoms with Crippen LogP contribution in [-0.2, 0) is 0 Å². The molecule has 0 bridgehead atoms. The Morgan fingerprint density at radius 3 is 2.92 bits per heavy atom. The van der Waals surface area contributed by atoms with Crippen LogP contribution in [0.5, 0.6) is 0 Å². The number of nitrogens with zero attached hydrogens (tertiary/aromatic N) is 2. The van der Waals surface area contributed by atoms with Gasteiger partial charge in [-0.05, 0) is 26.2 Å². The minimum absolute atomic E-state index is 0.396. The zero-order valence-electron chi connectivity index (χ0n) is 8.08. The van der Waals surface area contributed by atoms with E-state index in [1.807, 2.05) is 0 Å². The summed E-state index contributed by atoms with van der Waals surface area (Å²) >= 11 is 0. The van der Waals surface area contributed by atoms with Gasteiger partial charge < -0.3 is 9.73 Å². The van der Waals surface area contributed by atoms with E-state index in [2.05, 4.69) is 29.4 Å². The van der Waals surface area contributed by atoms with Gasteiger partial charge in [-0.3, -0.25) is 0 Å². The molecule has 1 aliphatic carbocycles. The summed E-state index contributed by atoms with van der Waals surface area (Å²) in [7, 11) is 0. The molecule has 1 unspecified atom stereocenters. The molecule has 1 aromatic heterocycles. The molecule has 0 aromatic carbocycles. The van der Waals surface area contributed by atoms with Crippen LogP contribution in [0, 0.1) is 0 Å². The summed E-state index contributed by atoms with van der Waals surface area (Å²) in [4.78, 5) is 0. The van der Waals surface area contributed by atoms with Gasteiger partial charge in [0.1, 0.15) is 0 Å². The third-order valence-corrected chi connectivity index (χ3v) is 2.35. The van der Waals surface area contributed by atoms with E-state index in [9.17, 15) is 0 Å². The van der Waals surface area contributed by atoms with Gasteiger partial charge in [0.25, 0.3) is 0 Å². The van der Waals surface area contributed by atoms with Gasteiger partial charge in [-0.25, -0.2) is 0 Å². The van der Waals surface area contributed by atoms with Crippen molar-refractivity contribution >= 4 is 6.01 Å². The average Bonchev–Trinajstić information content (AvgIpc) is 2.88. The molecule has 72 valence electrons. The SMILES string of the molecule is CCC(C)Nc1nnc(C2CC2)o1. The molecule has 1 atom stereocenters. The van der Waals surface area contributed by atoms with Crippen LogP contribution < -0.4 is 5.32 Å². The van der Waals surface area contributed by atoms with Crippen LogP contribution in [0.25, 0.3) is 0 Å². The Morgan fingerprint density at radius 1 is 1.54 bits per heavy atom. The molecular formula is C9H15N3O. The smallest absolute Gasteiger partial charge is 0.315 e. The van der Waals surface area contributed by atoms with Crippen molar-refractivity contribution in [2.75, 3.05) is 5.32 Å². The van der Waals surface area contributed by atoms with Gasteiger partial charge in [0, 0.05) is 12.0 Å². The number of aromatic nitrogens is 2. The normalized spacial score (nSPS) is 18.6. The van der Waals surface area contributed by atoms with Crippen molar-refractivity contribution in [2.24, 2.45) is 0 Å². The Labute approximate surface area is 77.7 Å². The van der Waals surface area contributed by atoms with E-state index in [4.69, 9.17) is 4.42 Å². The van der Waals surface area contributed by atoms with E-state index in [1.54, 1.807) is 0 Å². The lowest BCUT2D eigenvalue weighted by molar-refractivity contribution is 0.501. The Balaban J connectivity index is 1.96. The second-order valence-electron chi connectivity index (χ2n) is 3.67. The molecule has 1 aromatic rings. The molecule has 0 spiro atoms. The van der Waals surface area contributed by atoms with E-state index in [-0.39, 0.29) is 0 Å². The maximum Gasteiger partial charge on any atom is 0.315 e. The van der Waals surface area contributed by atoms with Gasteiger partial charge >= 0.3 is 6.01 Å². The molecule has 1 heterocycles. The Bertz CT molecular complexity index is 280. The van der Waals surface area contributed by atoms with Gasteiger partial charge in [0.05, 0.1) is 0 Å². The molecule has 1 fully saturated rings. The van der Waals surface area contributed by atoms with E-state index in [0.717, 1.165) is 12.3 Å². The molecule has 4 nitrogen and oxygen atoms in total. The monoisotopic (exact) mass is 181 g/mol. The Kier molecular flexibility index (Phi) is 2.20. The van der Waals surface area contributed by atoms with Crippen LogP contribution in [0.2, 0.25) is 0 Å². The first-order valence-corrected chi connectivity index (χ1v) is 4.89. The lowest BCUT2D eigenvalue weighted by Crippen LogP contribution is -2.13. The summed E-state index contributed by atoms with van der Waals surface area (Å²) in [5, 5.41) is 11.1. The van der Waals surface area contributed by atoms with E-state index in [1.165, 1.54) is 12.8 Å².